The van der Waals surface area contributed by atoms with Crippen molar-refractivity contribution >= 4 is 11.6 Å². The molecule has 2 aromatic rings. The van der Waals surface area contributed by atoms with Crippen LogP contribution in [0.2, 0.25) is 0 Å². The Morgan fingerprint density at radius 3 is 2.80 bits per heavy atom. The quantitative estimate of drug-likeness (QED) is 0.911. The molecule has 2 fully saturated rings. The molecule has 1 aromatic carbocycles. The van der Waals surface area contributed by atoms with E-state index in [1.165, 1.54) is 5.56 Å². The fourth-order valence-corrected chi connectivity index (χ4v) is 3.46. The van der Waals surface area contributed by atoms with Crippen molar-refractivity contribution in [1.29, 1.82) is 0 Å². The van der Waals surface area contributed by atoms with Crippen molar-refractivity contribution in [2.45, 2.75) is 12.3 Å². The lowest BCUT2D eigenvalue weighted by Gasteiger charge is -2.28. The molecule has 0 bridgehead atoms. The van der Waals surface area contributed by atoms with Crippen LogP contribution in [0.1, 0.15) is 28.4 Å². The van der Waals surface area contributed by atoms with Gasteiger partial charge in [-0.15, -0.1) is 0 Å². The Hall–Kier alpha value is -2.40. The first-order valence-corrected chi connectivity index (χ1v) is 8.93. The van der Waals surface area contributed by atoms with Gasteiger partial charge in [-0.1, -0.05) is 30.3 Å². The maximum absolute atomic E-state index is 12.4. The van der Waals surface area contributed by atoms with Crippen LogP contribution in [0.4, 0.5) is 5.69 Å². The maximum Gasteiger partial charge on any atom is 0.269 e. The number of nitrogens with one attached hydrogen (secondary N) is 1. The van der Waals surface area contributed by atoms with Crippen LogP contribution < -0.4 is 10.2 Å². The highest BCUT2D eigenvalue weighted by molar-refractivity contribution is 5.93. The van der Waals surface area contributed by atoms with E-state index in [0.29, 0.717) is 24.1 Å². The van der Waals surface area contributed by atoms with Gasteiger partial charge in [0.05, 0.1) is 13.2 Å². The minimum absolute atomic E-state index is 0.0891. The largest absolute Gasteiger partial charge is 0.378 e. The first-order valence-electron chi connectivity index (χ1n) is 8.93. The number of ether oxygens (including phenoxy) is 1. The van der Waals surface area contributed by atoms with E-state index >= 15 is 0 Å². The average molecular weight is 337 g/mol. The first kappa shape index (κ1) is 16.1. The number of pyridine rings is 1. The van der Waals surface area contributed by atoms with Crippen LogP contribution in [-0.2, 0) is 4.74 Å². The molecule has 5 heteroatoms. The molecular formula is C20H23N3O2. The summed E-state index contributed by atoms with van der Waals surface area (Å²) in [7, 11) is 0. The van der Waals surface area contributed by atoms with Crippen molar-refractivity contribution in [3.05, 3.63) is 59.9 Å². The summed E-state index contributed by atoms with van der Waals surface area (Å²) in [5, 5.41) is 3.05. The zero-order chi connectivity index (χ0) is 17.1. The van der Waals surface area contributed by atoms with Gasteiger partial charge >= 0.3 is 0 Å². The molecule has 1 aromatic heterocycles. The molecule has 4 rings (SSSR count). The van der Waals surface area contributed by atoms with Gasteiger partial charge in [-0.2, -0.15) is 0 Å². The summed E-state index contributed by atoms with van der Waals surface area (Å²) in [5.74, 6) is 1.02. The molecule has 0 spiro atoms. The smallest absolute Gasteiger partial charge is 0.269 e. The van der Waals surface area contributed by atoms with E-state index in [1.807, 2.05) is 18.2 Å². The second-order valence-electron chi connectivity index (χ2n) is 6.72. The van der Waals surface area contributed by atoms with Gasteiger partial charge in [-0.25, -0.2) is 0 Å². The summed E-state index contributed by atoms with van der Waals surface area (Å²) in [5.41, 5.74) is 2.90. The van der Waals surface area contributed by atoms with E-state index in [-0.39, 0.29) is 5.91 Å². The number of amides is 1. The van der Waals surface area contributed by atoms with Gasteiger partial charge in [0.1, 0.15) is 5.69 Å². The molecule has 25 heavy (non-hydrogen) atoms. The molecule has 2 aliphatic rings. The van der Waals surface area contributed by atoms with Crippen molar-refractivity contribution in [2.75, 3.05) is 37.7 Å². The van der Waals surface area contributed by atoms with Crippen molar-refractivity contribution in [1.82, 2.24) is 10.3 Å². The van der Waals surface area contributed by atoms with Crippen LogP contribution in [0.3, 0.4) is 0 Å². The second kappa shape index (κ2) is 7.23. The third-order valence-corrected chi connectivity index (χ3v) is 5.03. The summed E-state index contributed by atoms with van der Waals surface area (Å²) in [4.78, 5) is 18.9. The summed E-state index contributed by atoms with van der Waals surface area (Å²) in [6, 6.07) is 14.3. The first-order chi connectivity index (χ1) is 12.3. The molecular weight excluding hydrogens is 314 g/mol. The number of rotatable bonds is 5. The number of carbonyl (C=O) groups excluding carboxylic acids is 1. The highest BCUT2D eigenvalue weighted by Gasteiger charge is 2.38. The van der Waals surface area contributed by atoms with Crippen LogP contribution in [0.5, 0.6) is 0 Å². The van der Waals surface area contributed by atoms with Crippen LogP contribution in [-0.4, -0.2) is 43.7 Å². The van der Waals surface area contributed by atoms with Crippen molar-refractivity contribution in [3.63, 3.8) is 0 Å². The Bertz CT molecular complexity index is 729. The SMILES string of the molecule is O=C(NC[C@H]1C[C@H]1c1ccccc1)c1cc(N2CCOCC2)ccn1. The monoisotopic (exact) mass is 337 g/mol. The third kappa shape index (κ3) is 3.82. The normalized spacial score (nSPS) is 22.5. The molecule has 0 radical (unpaired) electrons. The van der Waals surface area contributed by atoms with E-state index in [2.05, 4.69) is 39.5 Å². The zero-order valence-corrected chi connectivity index (χ0v) is 14.2. The second-order valence-corrected chi connectivity index (χ2v) is 6.72. The standard InChI is InChI=1S/C20H23N3O2/c24-20(22-14-16-12-18(16)15-4-2-1-3-5-15)19-13-17(6-7-21-19)23-8-10-25-11-9-23/h1-7,13,16,18H,8-12,14H2,(H,22,24)/t16-,18+/m1/s1. The molecule has 1 saturated heterocycles. The fraction of sp³-hybridized carbons (Fsp3) is 0.400. The predicted octanol–water partition coefficient (Wildman–Crippen LogP) is 2.45. The summed E-state index contributed by atoms with van der Waals surface area (Å²) in [6.45, 7) is 3.87. The lowest BCUT2D eigenvalue weighted by molar-refractivity contribution is 0.0946. The van der Waals surface area contributed by atoms with Gasteiger partial charge in [0.25, 0.3) is 5.91 Å². The molecule has 130 valence electrons. The van der Waals surface area contributed by atoms with Gasteiger partial charge in [-0.3, -0.25) is 9.78 Å². The molecule has 0 unspecified atom stereocenters. The van der Waals surface area contributed by atoms with Gasteiger partial charge in [-0.05, 0) is 36.0 Å². The summed E-state index contributed by atoms with van der Waals surface area (Å²) < 4.78 is 5.38. The molecule has 5 nitrogen and oxygen atoms in total. The topological polar surface area (TPSA) is 54.5 Å². The number of aromatic nitrogens is 1. The molecule has 1 aliphatic heterocycles. The Balaban J connectivity index is 1.33. The van der Waals surface area contributed by atoms with E-state index in [1.54, 1.807) is 6.20 Å². The molecule has 2 atom stereocenters. The minimum Gasteiger partial charge on any atom is -0.378 e. The lowest BCUT2D eigenvalue weighted by atomic mass is 10.1. The van der Waals surface area contributed by atoms with Gasteiger partial charge < -0.3 is 15.0 Å². The molecule has 1 aliphatic carbocycles. The third-order valence-electron chi connectivity index (χ3n) is 5.03. The zero-order valence-electron chi connectivity index (χ0n) is 14.2. The van der Waals surface area contributed by atoms with E-state index in [4.69, 9.17) is 4.74 Å². The van der Waals surface area contributed by atoms with Crippen LogP contribution in [0, 0.1) is 5.92 Å². The van der Waals surface area contributed by atoms with Crippen molar-refractivity contribution in [2.24, 2.45) is 5.92 Å². The maximum atomic E-state index is 12.4. The fourth-order valence-electron chi connectivity index (χ4n) is 3.46. The van der Waals surface area contributed by atoms with E-state index in [9.17, 15) is 4.79 Å². The van der Waals surface area contributed by atoms with Crippen LogP contribution in [0.15, 0.2) is 48.7 Å². The average Bonchev–Trinajstić information content (AvgIpc) is 3.47. The Kier molecular flexibility index (Phi) is 4.65. The van der Waals surface area contributed by atoms with Crippen molar-refractivity contribution in [3.8, 4) is 0 Å². The Morgan fingerprint density at radius 1 is 1.20 bits per heavy atom. The number of morpholine rings is 1. The number of anilines is 1. The Labute approximate surface area is 148 Å². The van der Waals surface area contributed by atoms with Crippen LogP contribution in [0.25, 0.3) is 0 Å². The number of benzene rings is 1. The van der Waals surface area contributed by atoms with Gasteiger partial charge in [0.2, 0.25) is 0 Å². The number of nitrogens with zero attached hydrogens (tertiary/aromatic N) is 2. The van der Waals surface area contributed by atoms with Crippen LogP contribution >= 0.6 is 0 Å². The number of hydrogen-bond donors (Lipinski definition) is 1. The highest BCUT2D eigenvalue weighted by Crippen LogP contribution is 2.46. The molecule has 1 amide bonds. The predicted molar refractivity (Wildman–Crippen MR) is 96.9 cm³/mol. The molecule has 2 heterocycles. The molecule has 1 N–H and O–H groups in total. The van der Waals surface area contributed by atoms with E-state index in [0.717, 1.165) is 38.4 Å². The highest BCUT2D eigenvalue weighted by atomic mass is 16.5. The van der Waals surface area contributed by atoms with E-state index < -0.39 is 0 Å². The Morgan fingerprint density at radius 2 is 2.00 bits per heavy atom. The molecule has 1 saturated carbocycles. The number of hydrogen-bond acceptors (Lipinski definition) is 4. The lowest BCUT2D eigenvalue weighted by Crippen LogP contribution is -2.36. The van der Waals surface area contributed by atoms with Crippen molar-refractivity contribution < 1.29 is 9.53 Å². The summed E-state index contributed by atoms with van der Waals surface area (Å²) in [6.07, 6.45) is 2.86. The van der Waals surface area contributed by atoms with Gasteiger partial charge in [0, 0.05) is 31.5 Å². The number of carbonyl (C=O) groups is 1. The minimum atomic E-state index is -0.0891. The van der Waals surface area contributed by atoms with Gasteiger partial charge in [0.15, 0.2) is 0 Å². The summed E-state index contributed by atoms with van der Waals surface area (Å²) >= 11 is 0.